The summed E-state index contributed by atoms with van der Waals surface area (Å²) in [5.41, 5.74) is 0.597. The van der Waals surface area contributed by atoms with Gasteiger partial charge in [0.25, 0.3) is 0 Å². The number of hydrogen-bond donors (Lipinski definition) is 1. The number of hydrogen-bond acceptors (Lipinski definition) is 1. The standard InChI is InChI=1S/C15H13BrF3N/c1-9(6-10-4-2-3-5-12(10)17)20-15-8-13(18)11(16)7-14(15)19/h2-5,7-9,20H,6H2,1H3. The minimum Gasteiger partial charge on any atom is -0.380 e. The Morgan fingerprint density at radius 2 is 1.75 bits per heavy atom. The molecule has 0 aromatic heterocycles. The average molecular weight is 344 g/mol. The molecule has 0 aliphatic rings. The van der Waals surface area contributed by atoms with E-state index < -0.39 is 11.6 Å². The van der Waals surface area contributed by atoms with Crippen LogP contribution >= 0.6 is 15.9 Å². The van der Waals surface area contributed by atoms with Gasteiger partial charge in [-0.25, -0.2) is 13.2 Å². The van der Waals surface area contributed by atoms with Crippen molar-refractivity contribution >= 4 is 21.6 Å². The summed E-state index contributed by atoms with van der Waals surface area (Å²) in [7, 11) is 0. The topological polar surface area (TPSA) is 12.0 Å². The molecule has 106 valence electrons. The third kappa shape index (κ3) is 3.54. The number of rotatable bonds is 4. The van der Waals surface area contributed by atoms with Gasteiger partial charge in [0.1, 0.15) is 17.5 Å². The predicted octanol–water partition coefficient (Wildman–Crippen LogP) is 4.91. The van der Waals surface area contributed by atoms with Crippen LogP contribution in [0.5, 0.6) is 0 Å². The highest BCUT2D eigenvalue weighted by molar-refractivity contribution is 9.10. The summed E-state index contributed by atoms with van der Waals surface area (Å²) in [5, 5.41) is 2.85. The Kier molecular flexibility index (Phi) is 4.70. The number of anilines is 1. The minimum absolute atomic E-state index is 0.0644. The molecule has 2 aromatic carbocycles. The molecule has 0 spiro atoms. The maximum absolute atomic E-state index is 13.7. The second-order valence-corrected chi connectivity index (χ2v) is 5.44. The van der Waals surface area contributed by atoms with E-state index in [9.17, 15) is 13.2 Å². The molecule has 2 aromatic rings. The average Bonchev–Trinajstić information content (AvgIpc) is 2.39. The summed E-state index contributed by atoms with van der Waals surface area (Å²) in [6.07, 6.45) is 0.379. The van der Waals surface area contributed by atoms with Crippen molar-refractivity contribution in [3.63, 3.8) is 0 Å². The quantitative estimate of drug-likeness (QED) is 0.777. The Balaban J connectivity index is 2.11. The lowest BCUT2D eigenvalue weighted by molar-refractivity contribution is 0.589. The van der Waals surface area contributed by atoms with Crippen molar-refractivity contribution in [2.75, 3.05) is 5.32 Å². The summed E-state index contributed by atoms with van der Waals surface area (Å²) in [5.74, 6) is -1.41. The molecule has 0 amide bonds. The van der Waals surface area contributed by atoms with Gasteiger partial charge in [0.2, 0.25) is 0 Å². The molecule has 0 heterocycles. The van der Waals surface area contributed by atoms with Crippen LogP contribution in [0.25, 0.3) is 0 Å². The maximum atomic E-state index is 13.7. The highest BCUT2D eigenvalue weighted by Gasteiger charge is 2.12. The molecule has 0 aliphatic heterocycles. The molecule has 0 saturated carbocycles. The molecule has 5 heteroatoms. The smallest absolute Gasteiger partial charge is 0.147 e. The van der Waals surface area contributed by atoms with Gasteiger partial charge < -0.3 is 5.32 Å². The van der Waals surface area contributed by atoms with Crippen molar-refractivity contribution in [2.24, 2.45) is 0 Å². The van der Waals surface area contributed by atoms with Gasteiger partial charge in [-0.1, -0.05) is 18.2 Å². The van der Waals surface area contributed by atoms with Crippen molar-refractivity contribution in [3.05, 3.63) is 63.9 Å². The molecule has 1 atom stereocenters. The third-order valence-corrected chi connectivity index (χ3v) is 3.50. The fourth-order valence-electron chi connectivity index (χ4n) is 1.94. The molecule has 0 fully saturated rings. The van der Waals surface area contributed by atoms with Crippen LogP contribution in [0.3, 0.4) is 0 Å². The van der Waals surface area contributed by atoms with Crippen molar-refractivity contribution in [3.8, 4) is 0 Å². The van der Waals surface area contributed by atoms with Gasteiger partial charge in [0, 0.05) is 12.1 Å². The first-order valence-electron chi connectivity index (χ1n) is 6.12. The van der Waals surface area contributed by atoms with Gasteiger partial charge in [-0.3, -0.25) is 0 Å². The van der Waals surface area contributed by atoms with Gasteiger partial charge in [0.15, 0.2) is 0 Å². The van der Waals surface area contributed by atoms with E-state index in [0.717, 1.165) is 12.1 Å². The molecular formula is C15H13BrF3N. The Bertz CT molecular complexity index is 616. The van der Waals surface area contributed by atoms with Gasteiger partial charge in [0.05, 0.1) is 10.2 Å². The zero-order valence-electron chi connectivity index (χ0n) is 10.8. The molecule has 0 aliphatic carbocycles. The van der Waals surface area contributed by atoms with Crippen LogP contribution in [0.1, 0.15) is 12.5 Å². The van der Waals surface area contributed by atoms with Crippen LogP contribution in [-0.2, 0) is 6.42 Å². The second-order valence-electron chi connectivity index (χ2n) is 4.59. The van der Waals surface area contributed by atoms with Crippen molar-refractivity contribution in [1.29, 1.82) is 0 Å². The fourth-order valence-corrected chi connectivity index (χ4v) is 2.26. The van der Waals surface area contributed by atoms with Crippen LogP contribution in [0.2, 0.25) is 0 Å². The monoisotopic (exact) mass is 343 g/mol. The van der Waals surface area contributed by atoms with Crippen LogP contribution in [0, 0.1) is 17.5 Å². The third-order valence-electron chi connectivity index (χ3n) is 2.90. The number of nitrogens with one attached hydrogen (secondary N) is 1. The maximum Gasteiger partial charge on any atom is 0.147 e. The van der Waals surface area contributed by atoms with Gasteiger partial charge in [-0.05, 0) is 47.0 Å². The van der Waals surface area contributed by atoms with Crippen LogP contribution < -0.4 is 5.32 Å². The molecule has 1 N–H and O–H groups in total. The summed E-state index contributed by atoms with van der Waals surface area (Å²) in [6.45, 7) is 1.78. The van der Waals surface area contributed by atoms with E-state index >= 15 is 0 Å². The van der Waals surface area contributed by atoms with E-state index in [2.05, 4.69) is 21.2 Å². The minimum atomic E-state index is -0.557. The lowest BCUT2D eigenvalue weighted by Gasteiger charge is -2.16. The summed E-state index contributed by atoms with van der Waals surface area (Å²) in [6, 6.07) is 8.31. The molecule has 1 nitrogen and oxygen atoms in total. The Morgan fingerprint density at radius 3 is 2.45 bits per heavy atom. The van der Waals surface area contributed by atoms with E-state index in [4.69, 9.17) is 0 Å². The molecule has 0 bridgehead atoms. The first kappa shape index (κ1) is 14.9. The lowest BCUT2D eigenvalue weighted by Crippen LogP contribution is -2.19. The van der Waals surface area contributed by atoms with E-state index in [0.29, 0.717) is 12.0 Å². The molecule has 0 saturated heterocycles. The highest BCUT2D eigenvalue weighted by atomic mass is 79.9. The Labute approximate surface area is 123 Å². The van der Waals surface area contributed by atoms with Gasteiger partial charge in [-0.15, -0.1) is 0 Å². The molecule has 20 heavy (non-hydrogen) atoms. The van der Waals surface area contributed by atoms with E-state index in [1.807, 2.05) is 0 Å². The predicted molar refractivity (Wildman–Crippen MR) is 77.2 cm³/mol. The first-order chi connectivity index (χ1) is 9.47. The Morgan fingerprint density at radius 1 is 1.05 bits per heavy atom. The van der Waals surface area contributed by atoms with Gasteiger partial charge in [-0.2, -0.15) is 0 Å². The summed E-state index contributed by atoms with van der Waals surface area (Å²) >= 11 is 2.92. The lowest BCUT2D eigenvalue weighted by atomic mass is 10.1. The number of benzene rings is 2. The largest absolute Gasteiger partial charge is 0.380 e. The van der Waals surface area contributed by atoms with Crippen LogP contribution in [0.15, 0.2) is 40.9 Å². The van der Waals surface area contributed by atoms with Crippen LogP contribution in [0.4, 0.5) is 18.9 Å². The van der Waals surface area contributed by atoms with Crippen molar-refractivity contribution in [2.45, 2.75) is 19.4 Å². The summed E-state index contributed by atoms with van der Waals surface area (Å²) in [4.78, 5) is 0. The van der Waals surface area contributed by atoms with Crippen molar-refractivity contribution in [1.82, 2.24) is 0 Å². The van der Waals surface area contributed by atoms with Gasteiger partial charge >= 0.3 is 0 Å². The molecule has 2 rings (SSSR count). The fraction of sp³-hybridized carbons (Fsp3) is 0.200. The SMILES string of the molecule is CC(Cc1ccccc1F)Nc1cc(F)c(Br)cc1F. The zero-order chi connectivity index (χ0) is 14.7. The molecular weight excluding hydrogens is 331 g/mol. The summed E-state index contributed by atoms with van der Waals surface area (Å²) < 4.78 is 40.7. The zero-order valence-corrected chi connectivity index (χ0v) is 12.3. The number of halogens is 4. The van der Waals surface area contributed by atoms with E-state index in [1.165, 1.54) is 6.07 Å². The van der Waals surface area contributed by atoms with Crippen molar-refractivity contribution < 1.29 is 13.2 Å². The van der Waals surface area contributed by atoms with E-state index in [1.54, 1.807) is 25.1 Å². The van der Waals surface area contributed by atoms with E-state index in [-0.39, 0.29) is 22.0 Å². The normalized spacial score (nSPS) is 12.2. The first-order valence-corrected chi connectivity index (χ1v) is 6.91. The van der Waals surface area contributed by atoms with Crippen LogP contribution in [-0.4, -0.2) is 6.04 Å². The second kappa shape index (κ2) is 6.31. The molecule has 1 unspecified atom stereocenters. The molecule has 0 radical (unpaired) electrons. The highest BCUT2D eigenvalue weighted by Crippen LogP contribution is 2.24. The Hall–Kier alpha value is -1.49.